The van der Waals surface area contributed by atoms with Crippen molar-refractivity contribution in [1.82, 2.24) is 9.80 Å². The van der Waals surface area contributed by atoms with Gasteiger partial charge in [0.1, 0.15) is 11.5 Å². The number of aliphatic hydroxyl groups is 2. The molecule has 0 saturated carbocycles. The average molecular weight is 543 g/mol. The van der Waals surface area contributed by atoms with E-state index in [4.69, 9.17) is 0 Å². The van der Waals surface area contributed by atoms with Gasteiger partial charge >= 0.3 is 16.8 Å². The Kier molecular flexibility index (Phi) is 19.5. The molecule has 0 bridgehead atoms. The van der Waals surface area contributed by atoms with Gasteiger partial charge in [0, 0.05) is 26.2 Å². The number of carboxylic acid groups (broad SMARTS) is 2. The van der Waals surface area contributed by atoms with Gasteiger partial charge in [-0.05, 0) is 49.5 Å². The van der Waals surface area contributed by atoms with E-state index in [0.717, 1.165) is 0 Å². The van der Waals surface area contributed by atoms with Crippen molar-refractivity contribution in [1.29, 1.82) is 0 Å². The van der Waals surface area contributed by atoms with Gasteiger partial charge in [-0.25, -0.2) is 0 Å². The quantitative estimate of drug-likeness (QED) is 0.232. The minimum Gasteiger partial charge on any atom is -0.549 e. The molecule has 0 fully saturated rings. The molecule has 0 spiro atoms. The van der Waals surface area contributed by atoms with Gasteiger partial charge in [0.05, 0.1) is 24.1 Å². The zero-order chi connectivity index (χ0) is 24.3. The molecule has 0 unspecified atom stereocenters. The standard InChI is InChI=1S/2C11H15NO4.Co.2H2O/c2*1-12(7-11(15)16)6-10(14)8-3-2-4-9(13)5-8;;;/h2*2-5,10,13-14H,6-7H2,1H3,(H,15,16);;2*1H2/q;;+2;;/p-2/t2*10-;;;/m00.../s1. The number of hydrogen-bond donors (Lipinski definition) is 4. The minimum atomic E-state index is -1.19. The van der Waals surface area contributed by atoms with E-state index in [2.05, 4.69) is 0 Å². The van der Waals surface area contributed by atoms with E-state index in [-0.39, 0.29) is 65.4 Å². The Morgan fingerprint density at radius 2 is 1.09 bits per heavy atom. The van der Waals surface area contributed by atoms with Crippen LogP contribution in [0.5, 0.6) is 11.5 Å². The summed E-state index contributed by atoms with van der Waals surface area (Å²) in [5, 5.41) is 58.6. The molecule has 0 aromatic heterocycles. The second kappa shape index (κ2) is 18.6. The van der Waals surface area contributed by atoms with Gasteiger partial charge in [-0.1, -0.05) is 24.3 Å². The molecule has 0 amide bonds. The Morgan fingerprint density at radius 3 is 1.34 bits per heavy atom. The van der Waals surface area contributed by atoms with Crippen molar-refractivity contribution in [2.45, 2.75) is 12.2 Å². The molecule has 13 heteroatoms. The molecule has 1 radical (unpaired) electrons. The molecule has 2 aromatic carbocycles. The largest absolute Gasteiger partial charge is 2.00 e. The molecule has 0 heterocycles. The molecule has 2 aromatic rings. The van der Waals surface area contributed by atoms with E-state index < -0.39 is 24.1 Å². The number of aromatic hydroxyl groups is 2. The van der Waals surface area contributed by atoms with Crippen LogP contribution in [0.25, 0.3) is 0 Å². The number of rotatable bonds is 10. The van der Waals surface area contributed by atoms with Crippen LogP contribution in [0.4, 0.5) is 0 Å². The summed E-state index contributed by atoms with van der Waals surface area (Å²) in [7, 11) is 3.14. The first-order chi connectivity index (χ1) is 15.0. The van der Waals surface area contributed by atoms with Crippen LogP contribution in [-0.2, 0) is 26.4 Å². The average Bonchev–Trinajstić information content (AvgIpc) is 2.67. The van der Waals surface area contributed by atoms with Crippen LogP contribution in [0.1, 0.15) is 23.3 Å². The summed E-state index contributed by atoms with van der Waals surface area (Å²) in [6, 6.07) is 12.4. The third kappa shape index (κ3) is 15.7. The first-order valence-corrected chi connectivity index (χ1v) is 9.68. The summed E-state index contributed by atoms with van der Waals surface area (Å²) >= 11 is 0. The van der Waals surface area contributed by atoms with Gasteiger partial charge in [0.25, 0.3) is 0 Å². The number of benzene rings is 2. The summed E-state index contributed by atoms with van der Waals surface area (Å²) in [6.07, 6.45) is -1.67. The van der Waals surface area contributed by atoms with Gasteiger partial charge in [0.2, 0.25) is 0 Å². The zero-order valence-corrected chi connectivity index (χ0v) is 20.3. The van der Waals surface area contributed by atoms with E-state index in [1.54, 1.807) is 38.4 Å². The fourth-order valence-electron chi connectivity index (χ4n) is 2.84. The Balaban J connectivity index is -0.000000539. The maximum atomic E-state index is 10.3. The normalized spacial score (nSPS) is 11.6. The number of carboxylic acids is 2. The number of carbonyl (C=O) groups excluding carboxylic acids is 2. The first kappa shape index (κ1) is 36.8. The Morgan fingerprint density at radius 1 is 0.771 bits per heavy atom. The molecule has 2 rings (SSSR count). The van der Waals surface area contributed by atoms with Crippen LogP contribution >= 0.6 is 0 Å². The summed E-state index contributed by atoms with van der Waals surface area (Å²) < 4.78 is 0. The second-order valence-corrected chi connectivity index (χ2v) is 7.36. The van der Waals surface area contributed by atoms with Gasteiger partial charge in [-0.2, -0.15) is 0 Å². The maximum Gasteiger partial charge on any atom is 2.00 e. The SMILES string of the molecule is CN(CC(=O)[O-])C[C@H](O)c1cccc(O)c1.CN(CC(=O)[O-])C[C@H](O)c1cccc(O)c1.O.O.[Co+2]. The van der Waals surface area contributed by atoms with E-state index in [1.807, 2.05) is 0 Å². The first-order valence-electron chi connectivity index (χ1n) is 9.68. The smallest absolute Gasteiger partial charge is 0.549 e. The van der Waals surface area contributed by atoms with Crippen molar-refractivity contribution in [3.63, 3.8) is 0 Å². The van der Waals surface area contributed by atoms with Crippen LogP contribution < -0.4 is 10.2 Å². The summed E-state index contributed by atoms with van der Waals surface area (Å²) in [5.41, 5.74) is 1.09. The van der Waals surface area contributed by atoms with Crippen molar-refractivity contribution in [3.05, 3.63) is 59.7 Å². The predicted molar refractivity (Wildman–Crippen MR) is 118 cm³/mol. The van der Waals surface area contributed by atoms with Crippen molar-refractivity contribution < 1.29 is 68.0 Å². The number of phenols is 2. The molecule has 12 nitrogen and oxygen atoms in total. The Bertz CT molecular complexity index is 815. The van der Waals surface area contributed by atoms with E-state index in [9.17, 15) is 40.2 Å². The van der Waals surface area contributed by atoms with Crippen LogP contribution in [0.3, 0.4) is 0 Å². The fourth-order valence-corrected chi connectivity index (χ4v) is 2.84. The molecular formula is C22H32CoN2O10. The van der Waals surface area contributed by atoms with E-state index in [0.29, 0.717) is 11.1 Å². The summed E-state index contributed by atoms with van der Waals surface area (Å²) in [4.78, 5) is 23.5. The third-order valence-corrected chi connectivity index (χ3v) is 4.28. The molecule has 0 aliphatic carbocycles. The number of phenolic OH excluding ortho intramolecular Hbond substituents is 2. The topological polar surface area (TPSA) is 231 Å². The van der Waals surface area contributed by atoms with Gasteiger partial charge in [0.15, 0.2) is 0 Å². The Labute approximate surface area is 213 Å². The third-order valence-electron chi connectivity index (χ3n) is 4.28. The van der Waals surface area contributed by atoms with Crippen molar-refractivity contribution >= 4 is 11.9 Å². The van der Waals surface area contributed by atoms with Gasteiger partial charge in [-0.3, -0.25) is 9.80 Å². The van der Waals surface area contributed by atoms with Crippen LogP contribution in [-0.4, -0.2) is 93.4 Å². The molecule has 35 heavy (non-hydrogen) atoms. The molecule has 8 N–H and O–H groups in total. The van der Waals surface area contributed by atoms with E-state index in [1.165, 1.54) is 34.1 Å². The van der Waals surface area contributed by atoms with E-state index >= 15 is 0 Å². The molecule has 0 aliphatic heterocycles. The van der Waals surface area contributed by atoms with Crippen LogP contribution in [0.2, 0.25) is 0 Å². The zero-order valence-electron chi connectivity index (χ0n) is 19.3. The molecule has 0 saturated heterocycles. The minimum absolute atomic E-state index is 0. The predicted octanol–water partition coefficient (Wildman–Crippen LogP) is -3.44. The van der Waals surface area contributed by atoms with Crippen LogP contribution in [0.15, 0.2) is 48.5 Å². The summed E-state index contributed by atoms with van der Waals surface area (Å²) in [6.45, 7) is -0.152. The molecule has 0 aliphatic rings. The maximum absolute atomic E-state index is 10.3. The fraction of sp³-hybridized carbons (Fsp3) is 0.364. The van der Waals surface area contributed by atoms with Crippen molar-refractivity contribution in [2.24, 2.45) is 0 Å². The molecular weight excluding hydrogens is 511 g/mol. The van der Waals surface area contributed by atoms with Gasteiger partial charge < -0.3 is 51.2 Å². The molecule has 199 valence electrons. The number of nitrogens with zero attached hydrogens (tertiary/aromatic N) is 2. The monoisotopic (exact) mass is 543 g/mol. The number of hydrogen-bond acceptors (Lipinski definition) is 10. The number of aliphatic carboxylic acids is 2. The summed E-state index contributed by atoms with van der Waals surface area (Å²) in [5.74, 6) is -2.24. The second-order valence-electron chi connectivity index (χ2n) is 7.36. The van der Waals surface area contributed by atoms with Crippen molar-refractivity contribution in [2.75, 3.05) is 40.3 Å². The molecule has 2 atom stereocenters. The van der Waals surface area contributed by atoms with Gasteiger partial charge in [-0.15, -0.1) is 0 Å². The number of likely N-dealkylation sites (N-methyl/N-ethyl adjacent to an activating group) is 2. The van der Waals surface area contributed by atoms with Crippen LogP contribution in [0, 0.1) is 0 Å². The Hall–Kier alpha value is -2.75. The van der Waals surface area contributed by atoms with Crippen molar-refractivity contribution in [3.8, 4) is 11.5 Å². The number of carbonyl (C=O) groups is 2. The number of aliphatic hydroxyl groups excluding tert-OH is 2.